The third kappa shape index (κ3) is 5.27. The van der Waals surface area contributed by atoms with Gasteiger partial charge in [-0.2, -0.15) is 0 Å². The van der Waals surface area contributed by atoms with Gasteiger partial charge in [0.15, 0.2) is 11.5 Å². The molecule has 0 spiro atoms. The molecule has 2 N–H and O–H groups in total. The van der Waals surface area contributed by atoms with Crippen molar-refractivity contribution < 1.29 is 14.3 Å². The summed E-state index contributed by atoms with van der Waals surface area (Å²) in [5.41, 5.74) is 5.53. The first-order valence-electron chi connectivity index (χ1n) is 6.31. The molecule has 0 saturated heterocycles. The van der Waals surface area contributed by atoms with Crippen LogP contribution in [0.25, 0.3) is 0 Å². The van der Waals surface area contributed by atoms with Crippen molar-refractivity contribution in [3.05, 3.63) is 24.3 Å². The third-order valence-corrected chi connectivity index (χ3v) is 3.04. The number of ether oxygens (including phenoxy) is 2. The van der Waals surface area contributed by atoms with Crippen molar-refractivity contribution in [1.29, 1.82) is 0 Å². The van der Waals surface area contributed by atoms with E-state index in [1.807, 2.05) is 31.2 Å². The molecule has 0 aromatic heterocycles. The molecule has 0 heterocycles. The zero-order valence-electron chi connectivity index (χ0n) is 12.2. The maximum absolute atomic E-state index is 11.8. The van der Waals surface area contributed by atoms with E-state index in [4.69, 9.17) is 15.2 Å². The summed E-state index contributed by atoms with van der Waals surface area (Å²) in [6.07, 6.45) is 0.318. The number of hydrogen-bond acceptors (Lipinski definition) is 4. The number of nitrogens with zero attached hydrogens (tertiary/aromatic N) is 1. The highest BCUT2D eigenvalue weighted by Gasteiger charge is 2.14. The Morgan fingerprint density at radius 3 is 2.50 bits per heavy atom. The molecule has 6 heteroatoms. The molecular formula is C14H23ClN2O3. The van der Waals surface area contributed by atoms with E-state index in [9.17, 15) is 4.79 Å². The number of likely N-dealkylation sites (N-methyl/N-ethyl adjacent to an activating group) is 1. The standard InChI is InChI=1S/C14H22N2O3.ClH/c1-11(10-15)16(2)14(17)8-9-19-13-7-5-4-6-12(13)18-3;/h4-7,11H,8-10,15H2,1-3H3;1H. The van der Waals surface area contributed by atoms with Crippen molar-refractivity contribution >= 4 is 18.3 Å². The van der Waals surface area contributed by atoms with Crippen molar-refractivity contribution in [1.82, 2.24) is 4.90 Å². The highest BCUT2D eigenvalue weighted by molar-refractivity contribution is 5.85. The van der Waals surface area contributed by atoms with Gasteiger partial charge in [-0.05, 0) is 19.1 Å². The van der Waals surface area contributed by atoms with Crippen LogP contribution in [0, 0.1) is 0 Å². The van der Waals surface area contributed by atoms with Crippen molar-refractivity contribution in [2.75, 3.05) is 27.3 Å². The Hall–Kier alpha value is -1.46. The minimum Gasteiger partial charge on any atom is -0.493 e. The number of carbonyl (C=O) groups excluding carboxylic acids is 1. The fourth-order valence-electron chi connectivity index (χ4n) is 1.57. The number of amides is 1. The number of para-hydroxylation sites is 2. The molecule has 20 heavy (non-hydrogen) atoms. The van der Waals surface area contributed by atoms with Crippen LogP contribution in [0.1, 0.15) is 13.3 Å². The number of carbonyl (C=O) groups is 1. The first-order chi connectivity index (χ1) is 9.10. The van der Waals surface area contributed by atoms with E-state index in [2.05, 4.69) is 0 Å². The van der Waals surface area contributed by atoms with Gasteiger partial charge in [-0.25, -0.2) is 0 Å². The van der Waals surface area contributed by atoms with Crippen molar-refractivity contribution in [2.24, 2.45) is 5.73 Å². The van der Waals surface area contributed by atoms with Gasteiger partial charge in [-0.15, -0.1) is 12.4 Å². The van der Waals surface area contributed by atoms with E-state index in [1.165, 1.54) is 0 Å². The first kappa shape index (κ1) is 18.5. The van der Waals surface area contributed by atoms with E-state index in [-0.39, 0.29) is 24.4 Å². The average molecular weight is 303 g/mol. The smallest absolute Gasteiger partial charge is 0.226 e. The van der Waals surface area contributed by atoms with E-state index >= 15 is 0 Å². The maximum Gasteiger partial charge on any atom is 0.226 e. The van der Waals surface area contributed by atoms with Gasteiger partial charge >= 0.3 is 0 Å². The van der Waals surface area contributed by atoms with E-state index in [0.717, 1.165) is 0 Å². The van der Waals surface area contributed by atoms with Gasteiger partial charge in [0.1, 0.15) is 0 Å². The lowest BCUT2D eigenvalue weighted by Gasteiger charge is -2.23. The molecule has 1 aromatic rings. The SMILES string of the molecule is COc1ccccc1OCCC(=O)N(C)C(C)CN.Cl. The molecule has 0 aliphatic rings. The molecule has 1 rings (SSSR count). The van der Waals surface area contributed by atoms with Crippen molar-refractivity contribution in [3.8, 4) is 11.5 Å². The summed E-state index contributed by atoms with van der Waals surface area (Å²) in [5.74, 6) is 1.33. The molecule has 0 saturated carbocycles. The van der Waals surface area contributed by atoms with Crippen LogP contribution < -0.4 is 15.2 Å². The van der Waals surface area contributed by atoms with Crippen LogP contribution in [-0.4, -0.2) is 44.2 Å². The zero-order valence-corrected chi connectivity index (χ0v) is 13.0. The fraction of sp³-hybridized carbons (Fsp3) is 0.500. The molecule has 0 aliphatic heterocycles. The first-order valence-corrected chi connectivity index (χ1v) is 6.31. The minimum atomic E-state index is 0. The number of methoxy groups -OCH3 is 1. The Balaban J connectivity index is 0.00000361. The number of nitrogens with two attached hydrogens (primary N) is 1. The number of hydrogen-bond donors (Lipinski definition) is 1. The Morgan fingerprint density at radius 1 is 1.35 bits per heavy atom. The lowest BCUT2D eigenvalue weighted by Crippen LogP contribution is -2.40. The molecule has 1 aromatic carbocycles. The highest BCUT2D eigenvalue weighted by atomic mass is 35.5. The number of benzene rings is 1. The number of halogens is 1. The van der Waals surface area contributed by atoms with Crippen LogP contribution in [-0.2, 0) is 4.79 Å². The Bertz CT molecular complexity index is 415. The molecule has 0 fully saturated rings. The van der Waals surface area contributed by atoms with Gasteiger partial charge in [0.25, 0.3) is 0 Å². The fourth-order valence-corrected chi connectivity index (χ4v) is 1.57. The molecule has 0 bridgehead atoms. The predicted molar refractivity (Wildman–Crippen MR) is 81.6 cm³/mol. The van der Waals surface area contributed by atoms with Crippen LogP contribution in [0.4, 0.5) is 0 Å². The van der Waals surface area contributed by atoms with Crippen LogP contribution in [0.2, 0.25) is 0 Å². The summed E-state index contributed by atoms with van der Waals surface area (Å²) in [6, 6.07) is 7.41. The topological polar surface area (TPSA) is 64.8 Å². The van der Waals surface area contributed by atoms with Gasteiger partial charge in [0, 0.05) is 19.6 Å². The second kappa shape index (κ2) is 9.44. The molecule has 0 aliphatic carbocycles. The highest BCUT2D eigenvalue weighted by Crippen LogP contribution is 2.25. The molecule has 1 amide bonds. The normalized spacial score (nSPS) is 11.2. The van der Waals surface area contributed by atoms with Gasteiger partial charge in [0.2, 0.25) is 5.91 Å². The van der Waals surface area contributed by atoms with E-state index < -0.39 is 0 Å². The molecule has 1 atom stereocenters. The third-order valence-electron chi connectivity index (χ3n) is 3.04. The van der Waals surface area contributed by atoms with Gasteiger partial charge in [-0.3, -0.25) is 4.79 Å². The van der Waals surface area contributed by atoms with E-state index in [0.29, 0.717) is 31.1 Å². The van der Waals surface area contributed by atoms with Crippen molar-refractivity contribution in [3.63, 3.8) is 0 Å². The van der Waals surface area contributed by atoms with Crippen LogP contribution in [0.3, 0.4) is 0 Å². The summed E-state index contributed by atoms with van der Waals surface area (Å²) in [4.78, 5) is 13.5. The lowest BCUT2D eigenvalue weighted by atomic mass is 10.2. The number of rotatable bonds is 7. The van der Waals surface area contributed by atoms with Crippen LogP contribution in [0.5, 0.6) is 11.5 Å². The minimum absolute atomic E-state index is 0. The Labute approximate surface area is 126 Å². The average Bonchev–Trinajstić information content (AvgIpc) is 2.45. The quantitative estimate of drug-likeness (QED) is 0.832. The summed E-state index contributed by atoms with van der Waals surface area (Å²) in [5, 5.41) is 0. The second-order valence-corrected chi connectivity index (χ2v) is 4.34. The Morgan fingerprint density at radius 2 is 1.95 bits per heavy atom. The predicted octanol–water partition coefficient (Wildman–Crippen LogP) is 1.69. The molecule has 5 nitrogen and oxygen atoms in total. The molecule has 114 valence electrons. The molecular weight excluding hydrogens is 280 g/mol. The largest absolute Gasteiger partial charge is 0.493 e. The molecule has 1 unspecified atom stereocenters. The van der Waals surface area contributed by atoms with E-state index in [1.54, 1.807) is 19.1 Å². The summed E-state index contributed by atoms with van der Waals surface area (Å²) < 4.78 is 10.7. The van der Waals surface area contributed by atoms with Crippen molar-refractivity contribution in [2.45, 2.75) is 19.4 Å². The maximum atomic E-state index is 11.8. The summed E-state index contributed by atoms with van der Waals surface area (Å²) in [6.45, 7) is 2.69. The monoisotopic (exact) mass is 302 g/mol. The molecule has 0 radical (unpaired) electrons. The van der Waals surface area contributed by atoms with Gasteiger partial charge < -0.3 is 20.1 Å². The van der Waals surface area contributed by atoms with Crippen LogP contribution >= 0.6 is 12.4 Å². The van der Waals surface area contributed by atoms with Crippen LogP contribution in [0.15, 0.2) is 24.3 Å². The second-order valence-electron chi connectivity index (χ2n) is 4.34. The summed E-state index contributed by atoms with van der Waals surface area (Å²) in [7, 11) is 3.34. The van der Waals surface area contributed by atoms with Gasteiger partial charge in [-0.1, -0.05) is 12.1 Å². The zero-order chi connectivity index (χ0) is 14.3. The summed E-state index contributed by atoms with van der Waals surface area (Å²) >= 11 is 0. The van der Waals surface area contributed by atoms with Gasteiger partial charge in [0.05, 0.1) is 20.1 Å². The lowest BCUT2D eigenvalue weighted by molar-refractivity contribution is -0.132. The Kier molecular flexibility index (Phi) is 8.76.